The average Bonchev–Trinajstić information content (AvgIpc) is 2.64. The van der Waals surface area contributed by atoms with Crippen molar-refractivity contribution in [2.24, 2.45) is 0 Å². The van der Waals surface area contributed by atoms with E-state index in [9.17, 15) is 5.11 Å². The van der Waals surface area contributed by atoms with E-state index in [0.29, 0.717) is 11.2 Å². The SMILES string of the molecule is Oc1cnn(C2CCSC2)c1Cl. The van der Waals surface area contributed by atoms with Crippen molar-refractivity contribution in [3.05, 3.63) is 11.3 Å². The van der Waals surface area contributed by atoms with Crippen molar-refractivity contribution in [1.82, 2.24) is 9.78 Å². The predicted molar refractivity (Wildman–Crippen MR) is 49.9 cm³/mol. The van der Waals surface area contributed by atoms with Gasteiger partial charge in [-0.1, -0.05) is 11.6 Å². The molecule has 2 heterocycles. The van der Waals surface area contributed by atoms with Crippen LogP contribution in [0.25, 0.3) is 0 Å². The van der Waals surface area contributed by atoms with E-state index < -0.39 is 0 Å². The molecule has 0 radical (unpaired) electrons. The monoisotopic (exact) mass is 204 g/mol. The Bertz CT molecular complexity index is 283. The summed E-state index contributed by atoms with van der Waals surface area (Å²) in [6, 6.07) is 0.364. The van der Waals surface area contributed by atoms with E-state index in [4.69, 9.17) is 11.6 Å². The number of halogens is 1. The molecule has 1 aromatic rings. The van der Waals surface area contributed by atoms with Crippen LogP contribution >= 0.6 is 23.4 Å². The first-order valence-corrected chi connectivity index (χ1v) is 5.32. The van der Waals surface area contributed by atoms with Gasteiger partial charge in [-0.3, -0.25) is 0 Å². The summed E-state index contributed by atoms with van der Waals surface area (Å²) in [7, 11) is 0. The van der Waals surface area contributed by atoms with Gasteiger partial charge in [0.15, 0.2) is 10.9 Å². The molecule has 3 nitrogen and oxygen atoms in total. The summed E-state index contributed by atoms with van der Waals surface area (Å²) in [6.45, 7) is 0. The first kappa shape index (κ1) is 8.26. The Kier molecular flexibility index (Phi) is 2.19. The van der Waals surface area contributed by atoms with Crippen LogP contribution in [0.1, 0.15) is 12.5 Å². The fraction of sp³-hybridized carbons (Fsp3) is 0.571. The topological polar surface area (TPSA) is 38.1 Å². The van der Waals surface area contributed by atoms with Crippen LogP contribution in [0.5, 0.6) is 5.75 Å². The van der Waals surface area contributed by atoms with Crippen LogP contribution in [0.15, 0.2) is 6.20 Å². The van der Waals surface area contributed by atoms with Gasteiger partial charge < -0.3 is 5.11 Å². The van der Waals surface area contributed by atoms with Gasteiger partial charge in [-0.25, -0.2) is 4.68 Å². The summed E-state index contributed by atoms with van der Waals surface area (Å²) in [5.41, 5.74) is 0. The number of thioether (sulfide) groups is 1. The zero-order valence-corrected chi connectivity index (χ0v) is 7.98. The van der Waals surface area contributed by atoms with Crippen LogP contribution < -0.4 is 0 Å². The van der Waals surface area contributed by atoms with Gasteiger partial charge in [-0.15, -0.1) is 0 Å². The molecule has 1 aliphatic heterocycles. The molecular formula is C7H9ClN2OS. The molecule has 0 spiro atoms. The number of rotatable bonds is 1. The molecule has 2 rings (SSSR count). The fourth-order valence-corrected chi connectivity index (χ4v) is 2.72. The van der Waals surface area contributed by atoms with Gasteiger partial charge in [-0.05, 0) is 12.2 Å². The number of aromatic nitrogens is 2. The normalized spacial score (nSPS) is 23.2. The van der Waals surface area contributed by atoms with Gasteiger partial charge in [0, 0.05) is 5.75 Å². The van der Waals surface area contributed by atoms with Crippen molar-refractivity contribution in [1.29, 1.82) is 0 Å². The van der Waals surface area contributed by atoms with E-state index in [1.54, 1.807) is 4.68 Å². The van der Waals surface area contributed by atoms with E-state index in [1.807, 2.05) is 11.8 Å². The predicted octanol–water partition coefficient (Wildman–Crippen LogP) is 1.92. The molecule has 0 saturated carbocycles. The van der Waals surface area contributed by atoms with Crippen LogP contribution in [0.4, 0.5) is 0 Å². The van der Waals surface area contributed by atoms with E-state index >= 15 is 0 Å². The summed E-state index contributed by atoms with van der Waals surface area (Å²) in [6.07, 6.45) is 2.48. The molecule has 1 atom stereocenters. The minimum Gasteiger partial charge on any atom is -0.504 e. The minimum absolute atomic E-state index is 0.0774. The highest BCUT2D eigenvalue weighted by Gasteiger charge is 2.21. The molecule has 12 heavy (non-hydrogen) atoms. The van der Waals surface area contributed by atoms with E-state index in [2.05, 4.69) is 5.10 Å². The third-order valence-corrected chi connectivity index (χ3v) is 3.48. The van der Waals surface area contributed by atoms with E-state index in [0.717, 1.165) is 17.9 Å². The second-order valence-electron chi connectivity index (χ2n) is 2.78. The Morgan fingerprint density at radius 3 is 3.08 bits per heavy atom. The second-order valence-corrected chi connectivity index (χ2v) is 4.29. The number of aromatic hydroxyl groups is 1. The molecule has 1 aliphatic rings. The molecule has 1 fully saturated rings. The Labute approximate surface area is 79.7 Å². The highest BCUT2D eigenvalue weighted by molar-refractivity contribution is 7.99. The summed E-state index contributed by atoms with van der Waals surface area (Å²) >= 11 is 7.72. The van der Waals surface area contributed by atoms with Crippen molar-refractivity contribution >= 4 is 23.4 Å². The molecule has 0 aromatic carbocycles. The zero-order chi connectivity index (χ0) is 8.55. The summed E-state index contributed by atoms with van der Waals surface area (Å²) in [5, 5.41) is 13.6. The lowest BCUT2D eigenvalue weighted by Crippen LogP contribution is -2.09. The zero-order valence-electron chi connectivity index (χ0n) is 6.40. The first-order valence-electron chi connectivity index (χ1n) is 3.79. The molecule has 0 amide bonds. The molecular weight excluding hydrogens is 196 g/mol. The standard InChI is InChI=1S/C7H9ClN2OS/c8-7-6(11)3-9-10(7)5-1-2-12-4-5/h3,5,11H,1-2,4H2. The number of hydrogen-bond donors (Lipinski definition) is 1. The van der Waals surface area contributed by atoms with Gasteiger partial charge >= 0.3 is 0 Å². The van der Waals surface area contributed by atoms with Crippen LogP contribution in [0.2, 0.25) is 5.15 Å². The third kappa shape index (κ3) is 1.29. The summed E-state index contributed by atoms with van der Waals surface area (Å²) < 4.78 is 1.71. The average molecular weight is 205 g/mol. The highest BCUT2D eigenvalue weighted by Crippen LogP contribution is 2.32. The molecule has 1 unspecified atom stereocenters. The molecule has 0 aliphatic carbocycles. The maximum atomic E-state index is 9.18. The van der Waals surface area contributed by atoms with E-state index in [-0.39, 0.29) is 5.75 Å². The first-order chi connectivity index (χ1) is 5.79. The summed E-state index contributed by atoms with van der Waals surface area (Å²) in [5.74, 6) is 2.27. The van der Waals surface area contributed by atoms with Crippen molar-refractivity contribution < 1.29 is 5.11 Å². The van der Waals surface area contributed by atoms with Crippen LogP contribution in [-0.4, -0.2) is 26.4 Å². The van der Waals surface area contributed by atoms with Crippen LogP contribution in [0, 0.1) is 0 Å². The fourth-order valence-electron chi connectivity index (χ4n) is 1.31. The number of nitrogens with zero attached hydrogens (tertiary/aromatic N) is 2. The van der Waals surface area contributed by atoms with Gasteiger partial charge in [0.2, 0.25) is 0 Å². The van der Waals surface area contributed by atoms with Gasteiger partial charge in [-0.2, -0.15) is 16.9 Å². The minimum atomic E-state index is 0.0774. The maximum Gasteiger partial charge on any atom is 0.173 e. The maximum absolute atomic E-state index is 9.18. The summed E-state index contributed by atoms with van der Waals surface area (Å²) in [4.78, 5) is 0. The molecule has 66 valence electrons. The van der Waals surface area contributed by atoms with E-state index in [1.165, 1.54) is 6.20 Å². The lowest BCUT2D eigenvalue weighted by atomic mass is 10.3. The molecule has 1 saturated heterocycles. The largest absolute Gasteiger partial charge is 0.504 e. The third-order valence-electron chi connectivity index (χ3n) is 1.97. The van der Waals surface area contributed by atoms with Gasteiger partial charge in [0.25, 0.3) is 0 Å². The Balaban J connectivity index is 2.26. The molecule has 0 bridgehead atoms. The molecule has 1 aromatic heterocycles. The van der Waals surface area contributed by atoms with Crippen molar-refractivity contribution in [3.8, 4) is 5.75 Å². The highest BCUT2D eigenvalue weighted by atomic mass is 35.5. The van der Waals surface area contributed by atoms with Gasteiger partial charge in [0.05, 0.1) is 12.2 Å². The Morgan fingerprint density at radius 1 is 1.75 bits per heavy atom. The lowest BCUT2D eigenvalue weighted by Gasteiger charge is -2.09. The second kappa shape index (κ2) is 3.18. The van der Waals surface area contributed by atoms with Crippen LogP contribution in [-0.2, 0) is 0 Å². The van der Waals surface area contributed by atoms with Crippen LogP contribution in [0.3, 0.4) is 0 Å². The van der Waals surface area contributed by atoms with Crippen molar-refractivity contribution in [3.63, 3.8) is 0 Å². The van der Waals surface area contributed by atoms with Gasteiger partial charge in [0.1, 0.15) is 0 Å². The Morgan fingerprint density at radius 2 is 2.58 bits per heavy atom. The quantitative estimate of drug-likeness (QED) is 0.760. The lowest BCUT2D eigenvalue weighted by molar-refractivity contribution is 0.466. The molecule has 5 heteroatoms. The van der Waals surface area contributed by atoms with Crippen molar-refractivity contribution in [2.45, 2.75) is 12.5 Å². The Hall–Kier alpha value is -0.350. The number of hydrogen-bond acceptors (Lipinski definition) is 3. The molecule has 1 N–H and O–H groups in total. The van der Waals surface area contributed by atoms with Crippen molar-refractivity contribution in [2.75, 3.05) is 11.5 Å². The smallest absolute Gasteiger partial charge is 0.173 e.